The highest BCUT2D eigenvalue weighted by Crippen LogP contribution is 2.40. The summed E-state index contributed by atoms with van der Waals surface area (Å²) in [5, 5.41) is 14.1. The lowest BCUT2D eigenvalue weighted by molar-refractivity contribution is -0.384. The highest BCUT2D eigenvalue weighted by Gasteiger charge is 2.33. The standard InChI is InChI=1S/C21H29N3O5/c1-4-21(2,3)14-5-7-15(8-6-14)22-19(25)12-23-17-11-16(24(27)28)9-10-18(17)29-13-20(23)26/h9-11,14-15H,4-8,12-13H2,1-3H3,(H,22,25). The van der Waals surface area contributed by atoms with Crippen LogP contribution in [0.1, 0.15) is 52.9 Å². The highest BCUT2D eigenvalue weighted by atomic mass is 16.6. The fraction of sp³-hybridized carbons (Fsp3) is 0.619. The molecule has 8 nitrogen and oxygen atoms in total. The fourth-order valence-corrected chi connectivity index (χ4v) is 4.20. The summed E-state index contributed by atoms with van der Waals surface area (Å²) in [5.41, 5.74) is 0.427. The average molecular weight is 403 g/mol. The molecule has 8 heteroatoms. The van der Waals surface area contributed by atoms with Crippen LogP contribution in [0.3, 0.4) is 0 Å². The van der Waals surface area contributed by atoms with Crippen LogP contribution < -0.4 is 15.0 Å². The van der Waals surface area contributed by atoms with E-state index in [0.717, 1.165) is 32.1 Å². The molecule has 1 heterocycles. The van der Waals surface area contributed by atoms with Crippen LogP contribution in [-0.4, -0.2) is 35.9 Å². The van der Waals surface area contributed by atoms with Gasteiger partial charge < -0.3 is 10.1 Å². The van der Waals surface area contributed by atoms with Gasteiger partial charge in [-0.15, -0.1) is 0 Å². The van der Waals surface area contributed by atoms with Crippen LogP contribution in [0.4, 0.5) is 11.4 Å². The van der Waals surface area contributed by atoms with Crippen molar-refractivity contribution >= 4 is 23.2 Å². The molecule has 2 aliphatic rings. The van der Waals surface area contributed by atoms with E-state index in [-0.39, 0.29) is 42.4 Å². The smallest absolute Gasteiger partial charge is 0.271 e. The van der Waals surface area contributed by atoms with E-state index in [1.807, 2.05) is 0 Å². The summed E-state index contributed by atoms with van der Waals surface area (Å²) in [5.74, 6) is 0.386. The number of carbonyl (C=O) groups is 2. The van der Waals surface area contributed by atoms with E-state index in [1.54, 1.807) is 0 Å². The molecule has 1 aliphatic carbocycles. The normalized spacial score (nSPS) is 21.9. The van der Waals surface area contributed by atoms with E-state index in [9.17, 15) is 19.7 Å². The number of ether oxygens (including phenoxy) is 1. The minimum atomic E-state index is -0.534. The van der Waals surface area contributed by atoms with E-state index in [0.29, 0.717) is 17.1 Å². The van der Waals surface area contributed by atoms with Gasteiger partial charge in [0.25, 0.3) is 11.6 Å². The third-order valence-corrected chi connectivity index (χ3v) is 6.51. The van der Waals surface area contributed by atoms with Gasteiger partial charge in [-0.25, -0.2) is 0 Å². The number of hydrogen-bond acceptors (Lipinski definition) is 5. The first kappa shape index (κ1) is 21.1. The summed E-state index contributed by atoms with van der Waals surface area (Å²) in [7, 11) is 0. The molecule has 1 saturated carbocycles. The molecule has 1 aromatic carbocycles. The lowest BCUT2D eigenvalue weighted by atomic mass is 9.69. The van der Waals surface area contributed by atoms with Gasteiger partial charge in [0.15, 0.2) is 6.61 Å². The summed E-state index contributed by atoms with van der Waals surface area (Å²) in [6, 6.07) is 4.16. The van der Waals surface area contributed by atoms with Crippen LogP contribution in [0.15, 0.2) is 18.2 Å². The van der Waals surface area contributed by atoms with Gasteiger partial charge in [0.05, 0.1) is 10.6 Å². The monoisotopic (exact) mass is 403 g/mol. The van der Waals surface area contributed by atoms with Crippen LogP contribution in [0, 0.1) is 21.4 Å². The molecular formula is C21H29N3O5. The first-order chi connectivity index (χ1) is 13.7. The van der Waals surface area contributed by atoms with E-state index in [1.165, 1.54) is 23.1 Å². The van der Waals surface area contributed by atoms with Gasteiger partial charge in [-0.05, 0) is 43.1 Å². The molecule has 158 valence electrons. The number of rotatable bonds is 6. The number of nitro benzene ring substituents is 1. The molecule has 29 heavy (non-hydrogen) atoms. The van der Waals surface area contributed by atoms with Gasteiger partial charge in [-0.3, -0.25) is 24.6 Å². The van der Waals surface area contributed by atoms with Gasteiger partial charge in [0, 0.05) is 18.2 Å². The zero-order valence-electron chi connectivity index (χ0n) is 17.3. The van der Waals surface area contributed by atoms with E-state index in [4.69, 9.17) is 4.74 Å². The number of anilines is 1. The summed E-state index contributed by atoms with van der Waals surface area (Å²) in [6.45, 7) is 6.47. The second-order valence-electron chi connectivity index (χ2n) is 8.64. The lowest BCUT2D eigenvalue weighted by Gasteiger charge is -2.39. The molecule has 0 aromatic heterocycles. The van der Waals surface area contributed by atoms with Gasteiger partial charge in [0.1, 0.15) is 12.3 Å². The van der Waals surface area contributed by atoms with Crippen molar-refractivity contribution in [1.82, 2.24) is 5.32 Å². The maximum absolute atomic E-state index is 12.6. The fourth-order valence-electron chi connectivity index (χ4n) is 4.20. The molecular weight excluding hydrogens is 374 g/mol. The molecule has 0 unspecified atom stereocenters. The first-order valence-corrected chi connectivity index (χ1v) is 10.2. The third-order valence-electron chi connectivity index (χ3n) is 6.51. The Balaban J connectivity index is 1.62. The molecule has 0 saturated heterocycles. The van der Waals surface area contributed by atoms with Crippen LogP contribution in [0.25, 0.3) is 0 Å². The molecule has 0 spiro atoms. The van der Waals surface area contributed by atoms with Gasteiger partial charge in [-0.2, -0.15) is 0 Å². The molecule has 1 aliphatic heterocycles. The first-order valence-electron chi connectivity index (χ1n) is 10.2. The number of non-ortho nitro benzene ring substituents is 1. The number of nitrogens with one attached hydrogen (secondary N) is 1. The van der Waals surface area contributed by atoms with Crippen molar-refractivity contribution in [3.63, 3.8) is 0 Å². The summed E-state index contributed by atoms with van der Waals surface area (Å²) in [6.07, 6.45) is 5.16. The predicted molar refractivity (Wildman–Crippen MR) is 109 cm³/mol. The largest absolute Gasteiger partial charge is 0.482 e. The van der Waals surface area contributed by atoms with Crippen molar-refractivity contribution in [2.45, 2.75) is 58.9 Å². The van der Waals surface area contributed by atoms with Crippen molar-refractivity contribution in [1.29, 1.82) is 0 Å². The number of hydrogen-bond donors (Lipinski definition) is 1. The van der Waals surface area contributed by atoms with Crippen LogP contribution in [0.5, 0.6) is 5.75 Å². The number of nitrogens with zero attached hydrogens (tertiary/aromatic N) is 2. The highest BCUT2D eigenvalue weighted by molar-refractivity contribution is 6.02. The van der Waals surface area contributed by atoms with Crippen molar-refractivity contribution in [2.24, 2.45) is 11.3 Å². The SMILES string of the molecule is CCC(C)(C)C1CCC(NC(=O)CN2C(=O)COc3ccc([N+](=O)[O-])cc32)CC1. The van der Waals surface area contributed by atoms with Crippen LogP contribution in [-0.2, 0) is 9.59 Å². The average Bonchev–Trinajstić information content (AvgIpc) is 2.70. The zero-order chi connectivity index (χ0) is 21.2. The van der Waals surface area contributed by atoms with Crippen LogP contribution in [0.2, 0.25) is 0 Å². The van der Waals surface area contributed by atoms with Gasteiger partial charge in [-0.1, -0.05) is 27.2 Å². The van der Waals surface area contributed by atoms with Crippen molar-refractivity contribution in [2.75, 3.05) is 18.1 Å². The maximum atomic E-state index is 12.6. The van der Waals surface area contributed by atoms with Crippen molar-refractivity contribution in [3.05, 3.63) is 28.3 Å². The summed E-state index contributed by atoms with van der Waals surface area (Å²) < 4.78 is 5.34. The Hall–Kier alpha value is -2.64. The molecule has 0 atom stereocenters. The van der Waals surface area contributed by atoms with E-state index < -0.39 is 4.92 Å². The summed E-state index contributed by atoms with van der Waals surface area (Å²) in [4.78, 5) is 36.7. The quantitative estimate of drug-likeness (QED) is 0.579. The van der Waals surface area contributed by atoms with Crippen LogP contribution >= 0.6 is 0 Å². The minimum Gasteiger partial charge on any atom is -0.482 e. The molecule has 3 rings (SSSR count). The zero-order valence-corrected chi connectivity index (χ0v) is 17.3. The Kier molecular flexibility index (Phi) is 6.10. The van der Waals surface area contributed by atoms with Gasteiger partial charge in [0.2, 0.25) is 5.91 Å². The topological polar surface area (TPSA) is 102 Å². The molecule has 1 aromatic rings. The number of benzene rings is 1. The maximum Gasteiger partial charge on any atom is 0.271 e. The number of fused-ring (bicyclic) bond motifs is 1. The van der Waals surface area contributed by atoms with Crippen molar-refractivity contribution in [3.8, 4) is 5.75 Å². The molecule has 1 fully saturated rings. The Labute approximate surface area is 170 Å². The van der Waals surface area contributed by atoms with Crippen molar-refractivity contribution < 1.29 is 19.2 Å². The molecule has 0 radical (unpaired) electrons. The second kappa shape index (κ2) is 8.39. The Bertz CT molecular complexity index is 800. The lowest BCUT2D eigenvalue weighted by Crippen LogP contribution is -2.48. The molecule has 1 N–H and O–H groups in total. The molecule has 2 amide bonds. The molecule has 0 bridgehead atoms. The van der Waals surface area contributed by atoms with E-state index >= 15 is 0 Å². The Morgan fingerprint density at radius 2 is 2.00 bits per heavy atom. The summed E-state index contributed by atoms with van der Waals surface area (Å²) >= 11 is 0. The third kappa shape index (κ3) is 4.68. The van der Waals surface area contributed by atoms with E-state index in [2.05, 4.69) is 26.1 Å². The number of carbonyl (C=O) groups excluding carboxylic acids is 2. The Morgan fingerprint density at radius 3 is 2.62 bits per heavy atom. The number of nitro groups is 1. The second-order valence-corrected chi connectivity index (χ2v) is 8.64. The Morgan fingerprint density at radius 1 is 1.31 bits per heavy atom. The number of amides is 2. The predicted octanol–water partition coefficient (Wildman–Crippen LogP) is 3.43. The van der Waals surface area contributed by atoms with Gasteiger partial charge >= 0.3 is 0 Å². The minimum absolute atomic E-state index is 0.104.